The molecule has 0 aromatic carbocycles. The molecule has 1 aliphatic heterocycles. The summed E-state index contributed by atoms with van der Waals surface area (Å²) in [6.45, 7) is 3.98. The van der Waals surface area contributed by atoms with E-state index in [0.29, 0.717) is 13.0 Å². The number of hydrogen-bond donors (Lipinski definition) is 0. The minimum absolute atomic E-state index is 0.0902. The fourth-order valence-corrected chi connectivity index (χ4v) is 2.34. The number of allylic oxidation sites excluding steroid dienone is 1. The van der Waals surface area contributed by atoms with Gasteiger partial charge in [-0.15, -0.1) is 6.58 Å². The normalized spacial score (nSPS) is 29.2. The van der Waals surface area contributed by atoms with E-state index in [0.717, 1.165) is 25.7 Å². The van der Waals surface area contributed by atoms with E-state index in [-0.39, 0.29) is 11.9 Å². The number of Topliss-reactive ketones (excluding diaryl/α,β-unsaturated/α-hetero) is 1. The van der Waals surface area contributed by atoms with E-state index in [1.807, 2.05) is 0 Å². The van der Waals surface area contributed by atoms with Gasteiger partial charge in [-0.05, 0) is 12.8 Å². The van der Waals surface area contributed by atoms with Gasteiger partial charge in [-0.3, -0.25) is 4.79 Å². The molecule has 2 fully saturated rings. The molecule has 0 aromatic rings. The van der Waals surface area contributed by atoms with Crippen LogP contribution in [0.4, 0.5) is 0 Å². The van der Waals surface area contributed by atoms with E-state index in [2.05, 4.69) is 6.58 Å². The SMILES string of the molecule is C=CCC(=O)[C@H]1COC2(CCCCC2)O1. The Labute approximate surface area is 90.4 Å². The van der Waals surface area contributed by atoms with Crippen molar-refractivity contribution in [3.05, 3.63) is 12.7 Å². The van der Waals surface area contributed by atoms with Gasteiger partial charge in [0.1, 0.15) is 6.10 Å². The van der Waals surface area contributed by atoms with E-state index in [1.54, 1.807) is 6.08 Å². The number of carbonyl (C=O) groups excluding carboxylic acids is 1. The Balaban J connectivity index is 1.93. The maximum atomic E-state index is 11.6. The number of hydrogen-bond acceptors (Lipinski definition) is 3. The van der Waals surface area contributed by atoms with Crippen LogP contribution < -0.4 is 0 Å². The van der Waals surface area contributed by atoms with E-state index in [1.165, 1.54) is 6.42 Å². The molecule has 3 heteroatoms. The summed E-state index contributed by atoms with van der Waals surface area (Å²) in [6, 6.07) is 0. The van der Waals surface area contributed by atoms with E-state index in [4.69, 9.17) is 9.47 Å². The molecule has 1 atom stereocenters. The third-order valence-electron chi connectivity index (χ3n) is 3.17. The molecule has 0 N–H and O–H groups in total. The van der Waals surface area contributed by atoms with Crippen LogP contribution in [0.25, 0.3) is 0 Å². The highest BCUT2D eigenvalue weighted by Crippen LogP contribution is 2.37. The monoisotopic (exact) mass is 210 g/mol. The zero-order chi connectivity index (χ0) is 10.7. The Kier molecular flexibility index (Phi) is 3.22. The standard InChI is InChI=1S/C12H18O3/c1-2-6-10(13)11-9-14-12(15-11)7-4-3-5-8-12/h2,11H,1,3-9H2/t11-/m1/s1. The zero-order valence-electron chi connectivity index (χ0n) is 9.04. The first-order valence-corrected chi connectivity index (χ1v) is 5.71. The lowest BCUT2D eigenvalue weighted by Gasteiger charge is -2.31. The molecule has 15 heavy (non-hydrogen) atoms. The second kappa shape index (κ2) is 4.45. The molecule has 1 aliphatic carbocycles. The third kappa shape index (κ3) is 2.29. The zero-order valence-corrected chi connectivity index (χ0v) is 9.04. The second-order valence-electron chi connectivity index (χ2n) is 4.35. The summed E-state index contributed by atoms with van der Waals surface area (Å²) in [5.41, 5.74) is 0. The average Bonchev–Trinajstić information content (AvgIpc) is 2.64. The predicted octanol–water partition coefficient (Wildman–Crippen LogP) is 2.21. The molecule has 3 nitrogen and oxygen atoms in total. The van der Waals surface area contributed by atoms with Crippen molar-refractivity contribution in [2.45, 2.75) is 50.4 Å². The minimum Gasteiger partial charge on any atom is -0.347 e. The van der Waals surface area contributed by atoms with Crippen LogP contribution in [0, 0.1) is 0 Å². The van der Waals surface area contributed by atoms with Crippen molar-refractivity contribution in [3.63, 3.8) is 0 Å². The van der Waals surface area contributed by atoms with Gasteiger partial charge < -0.3 is 9.47 Å². The lowest BCUT2D eigenvalue weighted by Crippen LogP contribution is -2.34. The number of carbonyl (C=O) groups is 1. The smallest absolute Gasteiger partial charge is 0.169 e. The highest BCUT2D eigenvalue weighted by atomic mass is 16.7. The summed E-state index contributed by atoms with van der Waals surface area (Å²) in [4.78, 5) is 11.6. The Hall–Kier alpha value is -0.670. The van der Waals surface area contributed by atoms with Crippen LogP contribution in [0.1, 0.15) is 38.5 Å². The topological polar surface area (TPSA) is 35.5 Å². The highest BCUT2D eigenvalue weighted by molar-refractivity contribution is 5.84. The van der Waals surface area contributed by atoms with Crippen molar-refractivity contribution in [2.75, 3.05) is 6.61 Å². The molecule has 1 saturated carbocycles. The molecule has 2 aliphatic rings. The number of rotatable bonds is 3. The molecule has 0 amide bonds. The van der Waals surface area contributed by atoms with Crippen molar-refractivity contribution in [1.29, 1.82) is 0 Å². The van der Waals surface area contributed by atoms with Crippen LogP contribution in [0.2, 0.25) is 0 Å². The van der Waals surface area contributed by atoms with Crippen LogP contribution in [0.15, 0.2) is 12.7 Å². The number of ketones is 1. The molecule has 2 rings (SSSR count). The molecular weight excluding hydrogens is 192 g/mol. The average molecular weight is 210 g/mol. The Morgan fingerprint density at radius 2 is 2.13 bits per heavy atom. The molecule has 0 unspecified atom stereocenters. The van der Waals surface area contributed by atoms with Crippen LogP contribution in [-0.2, 0) is 14.3 Å². The second-order valence-corrected chi connectivity index (χ2v) is 4.35. The number of ether oxygens (including phenoxy) is 2. The van der Waals surface area contributed by atoms with Crippen LogP contribution in [0.3, 0.4) is 0 Å². The van der Waals surface area contributed by atoms with Crippen molar-refractivity contribution in [1.82, 2.24) is 0 Å². The van der Waals surface area contributed by atoms with Gasteiger partial charge in [-0.25, -0.2) is 0 Å². The van der Waals surface area contributed by atoms with E-state index >= 15 is 0 Å². The Morgan fingerprint density at radius 3 is 2.80 bits per heavy atom. The summed E-state index contributed by atoms with van der Waals surface area (Å²) >= 11 is 0. The van der Waals surface area contributed by atoms with Crippen molar-refractivity contribution >= 4 is 5.78 Å². The summed E-state index contributed by atoms with van der Waals surface area (Å²) in [5.74, 6) is -0.341. The molecule has 1 spiro atoms. The first-order chi connectivity index (χ1) is 7.26. The maximum absolute atomic E-state index is 11.6. The van der Waals surface area contributed by atoms with Gasteiger partial charge in [0.2, 0.25) is 0 Å². The maximum Gasteiger partial charge on any atom is 0.169 e. The summed E-state index contributed by atoms with van der Waals surface area (Å²) < 4.78 is 11.5. The molecular formula is C12H18O3. The van der Waals surface area contributed by atoms with Gasteiger partial charge in [-0.1, -0.05) is 12.5 Å². The van der Waals surface area contributed by atoms with Gasteiger partial charge in [0.15, 0.2) is 11.6 Å². The quantitative estimate of drug-likeness (QED) is 0.670. The first-order valence-electron chi connectivity index (χ1n) is 5.71. The van der Waals surface area contributed by atoms with Crippen molar-refractivity contribution < 1.29 is 14.3 Å². The summed E-state index contributed by atoms with van der Waals surface area (Å²) in [6.07, 6.45) is 7.04. The molecule has 84 valence electrons. The third-order valence-corrected chi connectivity index (χ3v) is 3.17. The van der Waals surface area contributed by atoms with Gasteiger partial charge >= 0.3 is 0 Å². The van der Waals surface area contributed by atoms with Gasteiger partial charge in [0.05, 0.1) is 6.61 Å². The van der Waals surface area contributed by atoms with Crippen molar-refractivity contribution in [3.8, 4) is 0 Å². The summed E-state index contributed by atoms with van der Waals surface area (Å²) in [7, 11) is 0. The highest BCUT2D eigenvalue weighted by Gasteiger charge is 2.44. The fourth-order valence-electron chi connectivity index (χ4n) is 2.34. The molecule has 0 radical (unpaired) electrons. The minimum atomic E-state index is -0.431. The Bertz CT molecular complexity index is 254. The van der Waals surface area contributed by atoms with Crippen LogP contribution in [-0.4, -0.2) is 24.3 Å². The van der Waals surface area contributed by atoms with Gasteiger partial charge in [0.25, 0.3) is 0 Å². The van der Waals surface area contributed by atoms with Crippen LogP contribution in [0.5, 0.6) is 0 Å². The molecule has 1 saturated heterocycles. The molecule has 0 bridgehead atoms. The lowest BCUT2D eigenvalue weighted by atomic mass is 9.94. The van der Waals surface area contributed by atoms with Gasteiger partial charge in [-0.2, -0.15) is 0 Å². The predicted molar refractivity (Wildman–Crippen MR) is 56.5 cm³/mol. The van der Waals surface area contributed by atoms with E-state index < -0.39 is 5.79 Å². The largest absolute Gasteiger partial charge is 0.347 e. The summed E-state index contributed by atoms with van der Waals surface area (Å²) in [5, 5.41) is 0. The van der Waals surface area contributed by atoms with Crippen molar-refractivity contribution in [2.24, 2.45) is 0 Å². The molecule has 0 aromatic heterocycles. The van der Waals surface area contributed by atoms with Gasteiger partial charge in [0, 0.05) is 19.3 Å². The molecule has 1 heterocycles. The first kappa shape index (κ1) is 10.8. The van der Waals surface area contributed by atoms with E-state index in [9.17, 15) is 4.79 Å². The lowest BCUT2D eigenvalue weighted by molar-refractivity contribution is -0.188. The Morgan fingerprint density at radius 1 is 1.40 bits per heavy atom. The van der Waals surface area contributed by atoms with Crippen LogP contribution >= 0.6 is 0 Å². The fraction of sp³-hybridized carbons (Fsp3) is 0.750.